The molecule has 1 amide bonds. The molecule has 0 unspecified atom stereocenters. The van der Waals surface area contributed by atoms with E-state index < -0.39 is 5.60 Å². The summed E-state index contributed by atoms with van der Waals surface area (Å²) in [6.45, 7) is 3.68. The number of likely N-dealkylation sites (N-methyl/N-ethyl adjacent to an activating group) is 1. The molecule has 1 rings (SSSR count). The van der Waals surface area contributed by atoms with Crippen LogP contribution in [0.3, 0.4) is 0 Å². The third-order valence-corrected chi connectivity index (χ3v) is 2.97. The van der Waals surface area contributed by atoms with E-state index in [2.05, 4.69) is 15.9 Å². The number of alkyl halides is 1. The minimum absolute atomic E-state index is 0.0757. The van der Waals surface area contributed by atoms with Crippen molar-refractivity contribution in [3.63, 3.8) is 0 Å². The van der Waals surface area contributed by atoms with E-state index in [1.54, 1.807) is 33.0 Å². The van der Waals surface area contributed by atoms with Crippen LogP contribution in [0, 0.1) is 0 Å². The van der Waals surface area contributed by atoms with E-state index in [1.165, 1.54) is 4.90 Å². The molecule has 0 saturated heterocycles. The van der Waals surface area contributed by atoms with Crippen molar-refractivity contribution in [2.24, 2.45) is 0 Å². The van der Waals surface area contributed by atoms with E-state index in [4.69, 9.17) is 0 Å². The number of carbonyl (C=O) groups is 1. The van der Waals surface area contributed by atoms with Crippen LogP contribution in [0.2, 0.25) is 0 Å². The highest BCUT2D eigenvalue weighted by Crippen LogP contribution is 2.11. The minimum atomic E-state index is -0.875. The Bertz CT molecular complexity index is 381. The van der Waals surface area contributed by atoms with Gasteiger partial charge in [-0.15, -0.1) is 0 Å². The van der Waals surface area contributed by atoms with Gasteiger partial charge in [-0.2, -0.15) is 0 Å². The van der Waals surface area contributed by atoms with Crippen molar-refractivity contribution >= 4 is 21.8 Å². The van der Waals surface area contributed by atoms with Crippen LogP contribution < -0.4 is 0 Å². The predicted octanol–water partition coefficient (Wildman–Crippen LogP) is 2.42. The van der Waals surface area contributed by atoms with E-state index in [9.17, 15) is 9.90 Å². The molecule has 0 bridgehead atoms. The Balaban J connectivity index is 2.75. The minimum Gasteiger partial charge on any atom is -0.389 e. The van der Waals surface area contributed by atoms with Gasteiger partial charge in [0.1, 0.15) is 0 Å². The molecule has 94 valence electrons. The van der Waals surface area contributed by atoms with Crippen molar-refractivity contribution < 1.29 is 9.90 Å². The Kier molecular flexibility index (Phi) is 4.71. The van der Waals surface area contributed by atoms with Gasteiger partial charge in [0.15, 0.2) is 0 Å². The Morgan fingerprint density at radius 3 is 2.29 bits per heavy atom. The third-order valence-electron chi connectivity index (χ3n) is 2.33. The largest absolute Gasteiger partial charge is 0.389 e. The molecule has 4 heteroatoms. The topological polar surface area (TPSA) is 40.5 Å². The van der Waals surface area contributed by atoms with Gasteiger partial charge in [-0.3, -0.25) is 4.79 Å². The maximum Gasteiger partial charge on any atom is 0.253 e. The van der Waals surface area contributed by atoms with Gasteiger partial charge in [0.2, 0.25) is 0 Å². The SMILES string of the molecule is CN(CC(C)(C)O)C(=O)c1ccc(CBr)cc1. The molecule has 0 fully saturated rings. The summed E-state index contributed by atoms with van der Waals surface area (Å²) in [6, 6.07) is 7.44. The number of carbonyl (C=O) groups excluding carboxylic acids is 1. The van der Waals surface area contributed by atoms with Gasteiger partial charge < -0.3 is 10.0 Å². The predicted molar refractivity (Wildman–Crippen MR) is 72.3 cm³/mol. The van der Waals surface area contributed by atoms with E-state index in [-0.39, 0.29) is 5.91 Å². The molecule has 1 aromatic carbocycles. The summed E-state index contributed by atoms with van der Waals surface area (Å²) in [5.74, 6) is -0.0757. The van der Waals surface area contributed by atoms with E-state index >= 15 is 0 Å². The van der Waals surface area contributed by atoms with Gasteiger partial charge in [0, 0.05) is 24.5 Å². The van der Waals surface area contributed by atoms with Gasteiger partial charge >= 0.3 is 0 Å². The molecule has 0 saturated carbocycles. The van der Waals surface area contributed by atoms with Crippen LogP contribution in [0.15, 0.2) is 24.3 Å². The molecule has 0 aliphatic rings. The highest BCUT2D eigenvalue weighted by molar-refractivity contribution is 9.08. The van der Waals surface area contributed by atoms with Crippen LogP contribution in [0.4, 0.5) is 0 Å². The maximum absolute atomic E-state index is 12.0. The van der Waals surface area contributed by atoms with Crippen LogP contribution in [-0.4, -0.2) is 35.1 Å². The van der Waals surface area contributed by atoms with Crippen molar-refractivity contribution in [3.8, 4) is 0 Å². The maximum atomic E-state index is 12.0. The van der Waals surface area contributed by atoms with Crippen molar-refractivity contribution in [2.75, 3.05) is 13.6 Å². The number of hydrogen-bond donors (Lipinski definition) is 1. The molecule has 0 aliphatic carbocycles. The first-order valence-electron chi connectivity index (χ1n) is 5.46. The van der Waals surface area contributed by atoms with Crippen LogP contribution in [0.1, 0.15) is 29.8 Å². The summed E-state index contributed by atoms with van der Waals surface area (Å²) < 4.78 is 0. The van der Waals surface area contributed by atoms with Crippen LogP contribution in [-0.2, 0) is 5.33 Å². The zero-order chi connectivity index (χ0) is 13.1. The Labute approximate surface area is 111 Å². The van der Waals surface area contributed by atoms with Crippen molar-refractivity contribution in [1.82, 2.24) is 4.90 Å². The average molecular weight is 300 g/mol. The lowest BCUT2D eigenvalue weighted by atomic mass is 10.1. The molecule has 0 atom stereocenters. The number of nitrogens with zero attached hydrogens (tertiary/aromatic N) is 1. The van der Waals surface area contributed by atoms with E-state index in [0.717, 1.165) is 10.9 Å². The van der Waals surface area contributed by atoms with Gasteiger partial charge in [0.25, 0.3) is 5.91 Å². The highest BCUT2D eigenvalue weighted by atomic mass is 79.9. The van der Waals surface area contributed by atoms with Gasteiger partial charge in [-0.25, -0.2) is 0 Å². The molecule has 0 aliphatic heterocycles. The monoisotopic (exact) mass is 299 g/mol. The Morgan fingerprint density at radius 1 is 1.35 bits per heavy atom. The van der Waals surface area contributed by atoms with Crippen molar-refractivity contribution in [3.05, 3.63) is 35.4 Å². The second-order valence-corrected chi connectivity index (χ2v) is 5.36. The smallest absolute Gasteiger partial charge is 0.253 e. The number of rotatable bonds is 4. The molecule has 0 heterocycles. The molecule has 17 heavy (non-hydrogen) atoms. The molecular weight excluding hydrogens is 282 g/mol. The first-order chi connectivity index (χ1) is 7.83. The fourth-order valence-corrected chi connectivity index (χ4v) is 1.98. The van der Waals surface area contributed by atoms with Gasteiger partial charge in [-0.05, 0) is 31.5 Å². The summed E-state index contributed by atoms with van der Waals surface area (Å²) in [5, 5.41) is 10.4. The summed E-state index contributed by atoms with van der Waals surface area (Å²) in [4.78, 5) is 13.6. The molecule has 3 nitrogen and oxygen atoms in total. The third kappa shape index (κ3) is 4.48. The van der Waals surface area contributed by atoms with Gasteiger partial charge in [0.05, 0.1) is 5.60 Å². The number of amides is 1. The Morgan fingerprint density at radius 2 is 1.88 bits per heavy atom. The first kappa shape index (κ1) is 14.2. The van der Waals surface area contributed by atoms with Gasteiger partial charge in [-0.1, -0.05) is 28.1 Å². The summed E-state index contributed by atoms with van der Waals surface area (Å²) in [5.41, 5.74) is 0.897. The number of benzene rings is 1. The number of halogens is 1. The molecular formula is C13H18BrNO2. The Hall–Kier alpha value is -0.870. The first-order valence-corrected chi connectivity index (χ1v) is 6.58. The van der Waals surface area contributed by atoms with Crippen LogP contribution in [0.25, 0.3) is 0 Å². The summed E-state index contributed by atoms with van der Waals surface area (Å²) >= 11 is 3.36. The molecule has 0 aromatic heterocycles. The standard InChI is InChI=1S/C13H18BrNO2/c1-13(2,17)9-15(3)12(16)11-6-4-10(8-14)5-7-11/h4-7,17H,8-9H2,1-3H3. The van der Waals surface area contributed by atoms with Crippen molar-refractivity contribution in [2.45, 2.75) is 24.8 Å². The summed E-state index contributed by atoms with van der Waals surface area (Å²) in [7, 11) is 1.69. The summed E-state index contributed by atoms with van der Waals surface area (Å²) in [6.07, 6.45) is 0. The van der Waals surface area contributed by atoms with Crippen molar-refractivity contribution in [1.29, 1.82) is 0 Å². The second kappa shape index (κ2) is 5.65. The fraction of sp³-hybridized carbons (Fsp3) is 0.462. The van der Waals surface area contributed by atoms with Crippen LogP contribution >= 0.6 is 15.9 Å². The second-order valence-electron chi connectivity index (χ2n) is 4.80. The number of hydrogen-bond acceptors (Lipinski definition) is 2. The normalized spacial score (nSPS) is 11.4. The lowest BCUT2D eigenvalue weighted by Crippen LogP contribution is -2.39. The fourth-order valence-electron chi connectivity index (χ4n) is 1.61. The zero-order valence-corrected chi connectivity index (χ0v) is 12.0. The van der Waals surface area contributed by atoms with E-state index in [1.807, 2.05) is 12.1 Å². The molecule has 0 radical (unpaired) electrons. The molecule has 1 N–H and O–H groups in total. The average Bonchev–Trinajstić information content (AvgIpc) is 2.26. The molecule has 0 spiro atoms. The lowest BCUT2D eigenvalue weighted by Gasteiger charge is -2.25. The lowest BCUT2D eigenvalue weighted by molar-refractivity contribution is 0.0368. The zero-order valence-electron chi connectivity index (χ0n) is 10.4. The highest BCUT2D eigenvalue weighted by Gasteiger charge is 2.20. The quantitative estimate of drug-likeness (QED) is 0.868. The number of aliphatic hydroxyl groups is 1. The molecule has 1 aromatic rings. The van der Waals surface area contributed by atoms with Crippen LogP contribution in [0.5, 0.6) is 0 Å². The van der Waals surface area contributed by atoms with E-state index in [0.29, 0.717) is 12.1 Å².